The second-order valence-corrected chi connectivity index (χ2v) is 4.99. The van der Waals surface area contributed by atoms with Gasteiger partial charge in [0, 0.05) is 22.2 Å². The molecular formula is C11H13BrOS. The predicted octanol–water partition coefficient (Wildman–Crippen LogP) is 3.69. The van der Waals surface area contributed by atoms with Crippen LogP contribution in [0.2, 0.25) is 0 Å². The summed E-state index contributed by atoms with van der Waals surface area (Å²) in [5.41, 5.74) is 1.96. The lowest BCUT2D eigenvalue weighted by Crippen LogP contribution is -2.01. The van der Waals surface area contributed by atoms with Gasteiger partial charge in [-0.2, -0.15) is 11.8 Å². The lowest BCUT2D eigenvalue weighted by Gasteiger charge is -2.03. The van der Waals surface area contributed by atoms with Crippen LogP contribution in [-0.2, 0) is 0 Å². The molecule has 0 unspecified atom stereocenters. The van der Waals surface area contributed by atoms with Crippen molar-refractivity contribution in [3.05, 3.63) is 33.8 Å². The van der Waals surface area contributed by atoms with E-state index < -0.39 is 0 Å². The first-order valence-corrected chi connectivity index (χ1v) is 6.62. The average molecular weight is 273 g/mol. The normalized spacial score (nSPS) is 10.2. The predicted molar refractivity (Wildman–Crippen MR) is 66.2 cm³/mol. The maximum atomic E-state index is 11.7. The van der Waals surface area contributed by atoms with Crippen molar-refractivity contribution >= 4 is 33.5 Å². The van der Waals surface area contributed by atoms with Crippen molar-refractivity contribution in [1.29, 1.82) is 0 Å². The maximum absolute atomic E-state index is 11.7. The van der Waals surface area contributed by atoms with E-state index in [1.165, 1.54) is 5.56 Å². The van der Waals surface area contributed by atoms with Crippen molar-refractivity contribution in [1.82, 2.24) is 0 Å². The van der Waals surface area contributed by atoms with E-state index >= 15 is 0 Å². The maximum Gasteiger partial charge on any atom is 0.164 e. The number of benzene rings is 1. The molecule has 0 saturated carbocycles. The molecule has 0 aromatic heterocycles. The van der Waals surface area contributed by atoms with Crippen LogP contribution in [0.1, 0.15) is 22.3 Å². The summed E-state index contributed by atoms with van der Waals surface area (Å²) in [5, 5.41) is 0. The van der Waals surface area contributed by atoms with Gasteiger partial charge in [0.1, 0.15) is 0 Å². The van der Waals surface area contributed by atoms with Crippen molar-refractivity contribution < 1.29 is 4.79 Å². The molecule has 0 atom stereocenters. The molecular weight excluding hydrogens is 260 g/mol. The fourth-order valence-corrected chi connectivity index (χ4v) is 2.28. The first kappa shape index (κ1) is 11.8. The fourth-order valence-electron chi connectivity index (χ4n) is 1.18. The number of thioether (sulfide) groups is 1. The second-order valence-electron chi connectivity index (χ2n) is 3.15. The molecule has 0 amide bonds. The molecule has 0 aliphatic rings. The summed E-state index contributed by atoms with van der Waals surface area (Å²) in [6.07, 6.45) is 2.63. The van der Waals surface area contributed by atoms with Crippen LogP contribution in [0.4, 0.5) is 0 Å². The highest BCUT2D eigenvalue weighted by atomic mass is 79.9. The molecule has 0 N–H and O–H groups in total. The Morgan fingerprint density at radius 3 is 2.79 bits per heavy atom. The number of halogens is 1. The van der Waals surface area contributed by atoms with Gasteiger partial charge in [0.25, 0.3) is 0 Å². The van der Waals surface area contributed by atoms with Gasteiger partial charge in [-0.25, -0.2) is 0 Å². The van der Waals surface area contributed by atoms with Gasteiger partial charge in [-0.15, -0.1) is 0 Å². The molecule has 14 heavy (non-hydrogen) atoms. The quantitative estimate of drug-likeness (QED) is 0.778. The van der Waals surface area contributed by atoms with Crippen LogP contribution in [-0.4, -0.2) is 17.8 Å². The summed E-state index contributed by atoms with van der Waals surface area (Å²) in [6, 6.07) is 5.84. The number of rotatable bonds is 4. The van der Waals surface area contributed by atoms with Gasteiger partial charge in [0.05, 0.1) is 0 Å². The Hall–Kier alpha value is -0.280. The van der Waals surface area contributed by atoms with E-state index in [0.29, 0.717) is 6.42 Å². The molecule has 1 aromatic rings. The zero-order valence-electron chi connectivity index (χ0n) is 8.34. The van der Waals surface area contributed by atoms with Gasteiger partial charge in [-0.05, 0) is 24.8 Å². The van der Waals surface area contributed by atoms with Crippen molar-refractivity contribution in [2.45, 2.75) is 13.3 Å². The van der Waals surface area contributed by atoms with E-state index in [1.807, 2.05) is 31.4 Å². The Morgan fingerprint density at radius 2 is 2.21 bits per heavy atom. The monoisotopic (exact) mass is 272 g/mol. The molecule has 0 heterocycles. The van der Waals surface area contributed by atoms with Crippen LogP contribution in [0.25, 0.3) is 0 Å². The minimum Gasteiger partial charge on any atom is -0.294 e. The molecule has 0 aliphatic heterocycles. The zero-order valence-corrected chi connectivity index (χ0v) is 10.7. The smallest absolute Gasteiger partial charge is 0.164 e. The lowest BCUT2D eigenvalue weighted by atomic mass is 10.1. The number of hydrogen-bond acceptors (Lipinski definition) is 2. The van der Waals surface area contributed by atoms with E-state index in [-0.39, 0.29) is 5.78 Å². The third kappa shape index (κ3) is 3.14. The van der Waals surface area contributed by atoms with Crippen LogP contribution in [0.3, 0.4) is 0 Å². The SMILES string of the molecule is CSCCC(=O)c1ccc(C)cc1Br. The molecule has 0 aliphatic carbocycles. The average Bonchev–Trinajstić information content (AvgIpc) is 2.14. The first-order valence-electron chi connectivity index (χ1n) is 4.43. The summed E-state index contributed by atoms with van der Waals surface area (Å²) in [6.45, 7) is 2.01. The molecule has 0 spiro atoms. The van der Waals surface area contributed by atoms with Crippen LogP contribution in [0.5, 0.6) is 0 Å². The molecule has 0 radical (unpaired) electrons. The molecule has 0 bridgehead atoms. The number of Topliss-reactive ketones (excluding diaryl/α,β-unsaturated/α-hetero) is 1. The highest BCUT2D eigenvalue weighted by Crippen LogP contribution is 2.20. The van der Waals surface area contributed by atoms with Crippen molar-refractivity contribution in [2.24, 2.45) is 0 Å². The third-order valence-electron chi connectivity index (χ3n) is 1.96. The highest BCUT2D eigenvalue weighted by Gasteiger charge is 2.08. The van der Waals surface area contributed by atoms with Crippen LogP contribution in [0, 0.1) is 6.92 Å². The molecule has 3 heteroatoms. The van der Waals surface area contributed by atoms with Crippen LogP contribution < -0.4 is 0 Å². The van der Waals surface area contributed by atoms with Gasteiger partial charge < -0.3 is 0 Å². The number of carbonyl (C=O) groups excluding carboxylic acids is 1. The van der Waals surface area contributed by atoms with Crippen LogP contribution >= 0.6 is 27.7 Å². The largest absolute Gasteiger partial charge is 0.294 e. The molecule has 76 valence electrons. The Morgan fingerprint density at radius 1 is 1.50 bits per heavy atom. The fraction of sp³-hybridized carbons (Fsp3) is 0.364. The minimum absolute atomic E-state index is 0.214. The molecule has 0 fully saturated rings. The van der Waals surface area contributed by atoms with Crippen molar-refractivity contribution in [3.8, 4) is 0 Å². The lowest BCUT2D eigenvalue weighted by molar-refractivity contribution is 0.0989. The molecule has 1 rings (SSSR count). The zero-order chi connectivity index (χ0) is 10.6. The summed E-state index contributed by atoms with van der Waals surface area (Å²) in [5.74, 6) is 1.10. The van der Waals surface area contributed by atoms with Gasteiger partial charge >= 0.3 is 0 Å². The van der Waals surface area contributed by atoms with E-state index in [2.05, 4.69) is 15.9 Å². The number of ketones is 1. The number of aryl methyl sites for hydroxylation is 1. The van der Waals surface area contributed by atoms with Crippen molar-refractivity contribution in [2.75, 3.05) is 12.0 Å². The third-order valence-corrected chi connectivity index (χ3v) is 3.23. The Balaban J connectivity index is 2.80. The standard InChI is InChI=1S/C11H13BrOS/c1-8-3-4-9(10(12)7-8)11(13)5-6-14-2/h3-4,7H,5-6H2,1-2H3. The molecule has 1 nitrogen and oxygen atoms in total. The summed E-state index contributed by atoms with van der Waals surface area (Å²) >= 11 is 5.11. The molecule has 1 aromatic carbocycles. The van der Waals surface area contributed by atoms with Crippen molar-refractivity contribution in [3.63, 3.8) is 0 Å². The van der Waals surface area contributed by atoms with Gasteiger partial charge in [0.2, 0.25) is 0 Å². The van der Waals surface area contributed by atoms with Crippen LogP contribution in [0.15, 0.2) is 22.7 Å². The summed E-state index contributed by atoms with van der Waals surface area (Å²) < 4.78 is 0.906. The van der Waals surface area contributed by atoms with Gasteiger partial charge in [-0.3, -0.25) is 4.79 Å². The Labute approximate surface area is 97.4 Å². The Bertz CT molecular complexity index is 336. The van der Waals surface area contributed by atoms with E-state index in [1.54, 1.807) is 11.8 Å². The first-order chi connectivity index (χ1) is 6.65. The topological polar surface area (TPSA) is 17.1 Å². The second kappa shape index (κ2) is 5.56. The van der Waals surface area contributed by atoms with Gasteiger partial charge in [0.15, 0.2) is 5.78 Å². The van der Waals surface area contributed by atoms with E-state index in [4.69, 9.17) is 0 Å². The number of hydrogen-bond donors (Lipinski definition) is 0. The molecule has 0 saturated heterocycles. The number of carbonyl (C=O) groups is 1. The summed E-state index contributed by atoms with van der Waals surface area (Å²) in [4.78, 5) is 11.7. The highest BCUT2D eigenvalue weighted by molar-refractivity contribution is 9.10. The summed E-state index contributed by atoms with van der Waals surface area (Å²) in [7, 11) is 0. The Kier molecular flexibility index (Phi) is 4.69. The van der Waals surface area contributed by atoms with E-state index in [0.717, 1.165) is 15.8 Å². The minimum atomic E-state index is 0.214. The van der Waals surface area contributed by atoms with E-state index in [9.17, 15) is 4.79 Å². The van der Waals surface area contributed by atoms with Gasteiger partial charge in [-0.1, -0.05) is 28.1 Å².